The van der Waals surface area contributed by atoms with Gasteiger partial charge in [-0.3, -0.25) is 4.90 Å². The van der Waals surface area contributed by atoms with E-state index in [2.05, 4.69) is 22.5 Å². The molecule has 0 bridgehead atoms. The molecule has 2 atom stereocenters. The van der Waals surface area contributed by atoms with Crippen molar-refractivity contribution in [2.75, 3.05) is 19.6 Å². The number of amides is 2. The van der Waals surface area contributed by atoms with Crippen LogP contribution >= 0.6 is 0 Å². The van der Waals surface area contributed by atoms with Crippen LogP contribution in [-0.4, -0.2) is 53.2 Å². The van der Waals surface area contributed by atoms with Gasteiger partial charge in [-0.2, -0.15) is 0 Å². The number of carbonyl (C=O) groups excluding carboxylic acids is 1. The second-order valence-corrected chi connectivity index (χ2v) is 5.42. The fourth-order valence-electron chi connectivity index (χ4n) is 2.14. The van der Waals surface area contributed by atoms with Crippen molar-refractivity contribution in [3.63, 3.8) is 0 Å². The van der Waals surface area contributed by atoms with Gasteiger partial charge in [-0.05, 0) is 46.2 Å². The Labute approximate surface area is 114 Å². The number of urea groups is 1. The largest absolute Gasteiger partial charge is 0.480 e. The van der Waals surface area contributed by atoms with Crippen molar-refractivity contribution in [3.8, 4) is 0 Å². The van der Waals surface area contributed by atoms with Gasteiger partial charge in [0.25, 0.3) is 0 Å². The minimum Gasteiger partial charge on any atom is -0.480 e. The van der Waals surface area contributed by atoms with Gasteiger partial charge in [0.05, 0.1) is 0 Å². The molecule has 1 saturated heterocycles. The van der Waals surface area contributed by atoms with Crippen LogP contribution < -0.4 is 10.6 Å². The first-order valence-corrected chi connectivity index (χ1v) is 6.92. The van der Waals surface area contributed by atoms with E-state index in [1.807, 2.05) is 0 Å². The Kier molecular flexibility index (Phi) is 5.60. The molecule has 2 amide bonds. The van der Waals surface area contributed by atoms with Crippen molar-refractivity contribution in [3.05, 3.63) is 0 Å². The number of carbonyl (C=O) groups is 2. The summed E-state index contributed by atoms with van der Waals surface area (Å²) < 4.78 is 0. The lowest BCUT2D eigenvalue weighted by molar-refractivity contribution is -0.143. The van der Waals surface area contributed by atoms with Crippen molar-refractivity contribution in [2.24, 2.45) is 0 Å². The average Bonchev–Trinajstić information content (AvgIpc) is 2.89. The van der Waals surface area contributed by atoms with Crippen LogP contribution in [0.3, 0.4) is 0 Å². The van der Waals surface area contributed by atoms with Crippen molar-refractivity contribution in [1.82, 2.24) is 15.5 Å². The van der Waals surface area contributed by atoms with Gasteiger partial charge in [-0.25, -0.2) is 9.59 Å². The number of nitrogens with zero attached hydrogens (tertiary/aromatic N) is 1. The predicted molar refractivity (Wildman–Crippen MR) is 73.1 cm³/mol. The molecule has 0 aromatic carbocycles. The second-order valence-electron chi connectivity index (χ2n) is 5.42. The molecule has 0 aromatic rings. The van der Waals surface area contributed by atoms with E-state index in [-0.39, 0.29) is 6.04 Å². The molecule has 1 fully saturated rings. The second kappa shape index (κ2) is 6.75. The van der Waals surface area contributed by atoms with Gasteiger partial charge >= 0.3 is 12.0 Å². The van der Waals surface area contributed by atoms with Crippen LogP contribution in [0.4, 0.5) is 4.79 Å². The molecule has 6 heteroatoms. The van der Waals surface area contributed by atoms with Crippen molar-refractivity contribution >= 4 is 12.0 Å². The topological polar surface area (TPSA) is 81.7 Å². The van der Waals surface area contributed by atoms with Gasteiger partial charge in [0.15, 0.2) is 0 Å². The molecule has 110 valence electrons. The highest BCUT2D eigenvalue weighted by Gasteiger charge is 2.32. The third-order valence-electron chi connectivity index (χ3n) is 3.89. The summed E-state index contributed by atoms with van der Waals surface area (Å²) in [5, 5.41) is 14.4. The molecule has 19 heavy (non-hydrogen) atoms. The van der Waals surface area contributed by atoms with E-state index in [0.29, 0.717) is 13.0 Å². The summed E-state index contributed by atoms with van der Waals surface area (Å²) in [7, 11) is 0. The molecule has 0 aromatic heterocycles. The Bertz CT molecular complexity index is 329. The highest BCUT2D eigenvalue weighted by molar-refractivity contribution is 5.85. The fourth-order valence-corrected chi connectivity index (χ4v) is 2.14. The summed E-state index contributed by atoms with van der Waals surface area (Å²) in [4.78, 5) is 25.2. The van der Waals surface area contributed by atoms with Crippen molar-refractivity contribution in [2.45, 2.75) is 51.6 Å². The molecular weight excluding hydrogens is 246 g/mol. The van der Waals surface area contributed by atoms with E-state index in [0.717, 1.165) is 13.1 Å². The van der Waals surface area contributed by atoms with Crippen LogP contribution in [0.25, 0.3) is 0 Å². The Morgan fingerprint density at radius 1 is 1.37 bits per heavy atom. The molecule has 3 N–H and O–H groups in total. The molecule has 1 rings (SSSR count). The molecule has 0 radical (unpaired) electrons. The maximum Gasteiger partial charge on any atom is 0.329 e. The van der Waals surface area contributed by atoms with Crippen molar-refractivity contribution < 1.29 is 14.7 Å². The normalized spacial score (nSPS) is 20.6. The highest BCUT2D eigenvalue weighted by Crippen LogP contribution is 2.11. The number of rotatable bonds is 6. The molecule has 1 aliphatic heterocycles. The van der Waals surface area contributed by atoms with E-state index in [9.17, 15) is 9.59 Å². The molecule has 6 nitrogen and oxygen atoms in total. The van der Waals surface area contributed by atoms with Crippen LogP contribution in [0.2, 0.25) is 0 Å². The maximum atomic E-state index is 11.7. The standard InChI is InChI=1S/C13H25N3O3/c1-4-13(3,11(17)18)15-12(19)14-9-10(2)16-7-5-6-8-16/h10H,4-9H2,1-3H3,(H,17,18)(H2,14,15,19). The van der Waals surface area contributed by atoms with Gasteiger partial charge in [0, 0.05) is 12.6 Å². The first kappa shape index (κ1) is 15.8. The lowest BCUT2D eigenvalue weighted by Crippen LogP contribution is -2.56. The van der Waals surface area contributed by atoms with Crippen molar-refractivity contribution in [1.29, 1.82) is 0 Å². The molecule has 1 aliphatic rings. The summed E-state index contributed by atoms with van der Waals surface area (Å²) in [5.74, 6) is -1.02. The first-order valence-electron chi connectivity index (χ1n) is 6.92. The number of carboxylic acids is 1. The monoisotopic (exact) mass is 271 g/mol. The Hall–Kier alpha value is -1.30. The van der Waals surface area contributed by atoms with E-state index < -0.39 is 17.5 Å². The van der Waals surface area contributed by atoms with Crippen LogP contribution in [0.5, 0.6) is 0 Å². The Morgan fingerprint density at radius 2 is 1.95 bits per heavy atom. The first-order chi connectivity index (χ1) is 8.89. The molecule has 0 saturated carbocycles. The van der Waals surface area contributed by atoms with Gasteiger partial charge in [0.2, 0.25) is 0 Å². The average molecular weight is 271 g/mol. The van der Waals surface area contributed by atoms with E-state index in [1.54, 1.807) is 6.92 Å². The summed E-state index contributed by atoms with van der Waals surface area (Å²) in [5.41, 5.74) is -1.21. The van der Waals surface area contributed by atoms with E-state index >= 15 is 0 Å². The lowest BCUT2D eigenvalue weighted by Gasteiger charge is -2.27. The summed E-state index contributed by atoms with van der Waals surface area (Å²) in [6, 6.07) is -0.135. The molecule has 2 unspecified atom stereocenters. The predicted octanol–water partition coefficient (Wildman–Crippen LogP) is 1.02. The number of carboxylic acid groups (broad SMARTS) is 1. The number of hydrogen-bond donors (Lipinski definition) is 3. The minimum atomic E-state index is -1.21. The zero-order chi connectivity index (χ0) is 14.5. The van der Waals surface area contributed by atoms with Gasteiger partial charge in [-0.15, -0.1) is 0 Å². The van der Waals surface area contributed by atoms with Gasteiger partial charge in [-0.1, -0.05) is 6.92 Å². The zero-order valence-corrected chi connectivity index (χ0v) is 12.0. The third-order valence-corrected chi connectivity index (χ3v) is 3.89. The molecule has 1 heterocycles. The van der Waals surface area contributed by atoms with Crippen LogP contribution in [-0.2, 0) is 4.79 Å². The highest BCUT2D eigenvalue weighted by atomic mass is 16.4. The Morgan fingerprint density at radius 3 is 2.42 bits per heavy atom. The SMILES string of the molecule is CCC(C)(NC(=O)NCC(C)N1CCCC1)C(=O)O. The van der Waals surface area contributed by atoms with Crippen LogP contribution in [0, 0.1) is 0 Å². The lowest BCUT2D eigenvalue weighted by atomic mass is 10.00. The number of likely N-dealkylation sites (tertiary alicyclic amines) is 1. The summed E-state index contributed by atoms with van der Waals surface area (Å²) >= 11 is 0. The molecular formula is C13H25N3O3. The summed E-state index contributed by atoms with van der Waals surface area (Å²) in [6.07, 6.45) is 2.77. The third kappa shape index (κ3) is 4.38. The molecule has 0 spiro atoms. The Balaban J connectivity index is 2.36. The smallest absolute Gasteiger partial charge is 0.329 e. The summed E-state index contributed by atoms with van der Waals surface area (Å²) in [6.45, 7) is 8.01. The minimum absolute atomic E-state index is 0.283. The van der Waals surface area contributed by atoms with Gasteiger partial charge in [0.1, 0.15) is 5.54 Å². The van der Waals surface area contributed by atoms with Crippen LogP contribution in [0.15, 0.2) is 0 Å². The fraction of sp³-hybridized carbons (Fsp3) is 0.846. The van der Waals surface area contributed by atoms with Gasteiger partial charge < -0.3 is 15.7 Å². The molecule has 0 aliphatic carbocycles. The maximum absolute atomic E-state index is 11.7. The van der Waals surface area contributed by atoms with E-state index in [1.165, 1.54) is 19.8 Å². The number of aliphatic carboxylic acids is 1. The quantitative estimate of drug-likeness (QED) is 0.674. The van der Waals surface area contributed by atoms with Crippen LogP contribution in [0.1, 0.15) is 40.0 Å². The zero-order valence-electron chi connectivity index (χ0n) is 12.0. The number of nitrogens with one attached hydrogen (secondary N) is 2. The number of hydrogen-bond acceptors (Lipinski definition) is 3. The van der Waals surface area contributed by atoms with E-state index in [4.69, 9.17) is 5.11 Å².